The van der Waals surface area contributed by atoms with Crippen LogP contribution in [0.4, 0.5) is 5.82 Å². The SMILES string of the molecule is COc1ccc(CNc2ncnc(Cl)c2/C=N/O)cc1. The van der Waals surface area contributed by atoms with Crippen molar-refractivity contribution in [1.82, 2.24) is 9.97 Å². The molecule has 20 heavy (non-hydrogen) atoms. The summed E-state index contributed by atoms with van der Waals surface area (Å²) in [4.78, 5) is 7.90. The first-order chi connectivity index (χ1) is 9.74. The molecule has 2 rings (SSSR count). The predicted octanol–water partition coefficient (Wildman–Crippen LogP) is 2.56. The Hall–Kier alpha value is -2.34. The number of aromatic nitrogens is 2. The number of methoxy groups -OCH3 is 1. The molecule has 0 bridgehead atoms. The van der Waals surface area contributed by atoms with E-state index in [0.29, 0.717) is 17.9 Å². The maximum Gasteiger partial charge on any atom is 0.143 e. The number of rotatable bonds is 5. The maximum absolute atomic E-state index is 8.63. The molecule has 2 N–H and O–H groups in total. The summed E-state index contributed by atoms with van der Waals surface area (Å²) in [5.74, 6) is 1.30. The van der Waals surface area contributed by atoms with Crippen molar-refractivity contribution in [3.05, 3.63) is 46.9 Å². The molecule has 0 radical (unpaired) electrons. The lowest BCUT2D eigenvalue weighted by atomic mass is 10.2. The summed E-state index contributed by atoms with van der Waals surface area (Å²) in [6, 6.07) is 7.63. The fraction of sp³-hybridized carbons (Fsp3) is 0.154. The van der Waals surface area contributed by atoms with Crippen molar-refractivity contribution in [3.63, 3.8) is 0 Å². The zero-order valence-electron chi connectivity index (χ0n) is 10.7. The van der Waals surface area contributed by atoms with Crippen molar-refractivity contribution in [2.45, 2.75) is 6.54 Å². The Kier molecular flexibility index (Phi) is 4.73. The van der Waals surface area contributed by atoms with Crippen LogP contribution in [0.5, 0.6) is 5.75 Å². The highest BCUT2D eigenvalue weighted by molar-refractivity contribution is 6.32. The Balaban J connectivity index is 2.12. The highest BCUT2D eigenvalue weighted by Crippen LogP contribution is 2.19. The standard InChI is InChI=1S/C13H13ClN4O2/c1-20-10-4-2-9(3-5-10)6-15-13-11(7-18-19)12(14)16-8-17-13/h2-5,7-8,19H,6H2,1H3,(H,15,16,17)/b18-7+. The first-order valence-electron chi connectivity index (χ1n) is 5.79. The van der Waals surface area contributed by atoms with Crippen molar-refractivity contribution >= 4 is 23.6 Å². The van der Waals surface area contributed by atoms with E-state index in [4.69, 9.17) is 21.5 Å². The van der Waals surface area contributed by atoms with Gasteiger partial charge < -0.3 is 15.3 Å². The van der Waals surface area contributed by atoms with Crippen LogP contribution in [-0.2, 0) is 6.54 Å². The Morgan fingerprint density at radius 1 is 1.35 bits per heavy atom. The number of halogens is 1. The van der Waals surface area contributed by atoms with E-state index < -0.39 is 0 Å². The van der Waals surface area contributed by atoms with Gasteiger partial charge in [0.15, 0.2) is 0 Å². The van der Waals surface area contributed by atoms with Crippen molar-refractivity contribution in [1.29, 1.82) is 0 Å². The third-order valence-electron chi connectivity index (χ3n) is 2.64. The van der Waals surface area contributed by atoms with Crippen molar-refractivity contribution in [2.24, 2.45) is 5.16 Å². The molecule has 7 heteroatoms. The topological polar surface area (TPSA) is 79.6 Å². The summed E-state index contributed by atoms with van der Waals surface area (Å²) < 4.78 is 5.10. The van der Waals surface area contributed by atoms with Crippen LogP contribution in [0.15, 0.2) is 35.7 Å². The summed E-state index contributed by atoms with van der Waals surface area (Å²) in [5.41, 5.74) is 1.48. The molecule has 0 amide bonds. The van der Waals surface area contributed by atoms with Gasteiger partial charge >= 0.3 is 0 Å². The number of hydrogen-bond acceptors (Lipinski definition) is 6. The predicted molar refractivity (Wildman–Crippen MR) is 76.7 cm³/mol. The van der Waals surface area contributed by atoms with Crippen LogP contribution in [0, 0.1) is 0 Å². The molecule has 6 nitrogen and oxygen atoms in total. The number of oxime groups is 1. The number of benzene rings is 1. The van der Waals surface area contributed by atoms with Crippen LogP contribution in [0.1, 0.15) is 11.1 Å². The highest BCUT2D eigenvalue weighted by Gasteiger charge is 2.07. The number of nitrogens with zero attached hydrogens (tertiary/aromatic N) is 3. The van der Waals surface area contributed by atoms with Gasteiger partial charge in [0, 0.05) is 6.54 Å². The molecule has 0 atom stereocenters. The summed E-state index contributed by atoms with van der Waals surface area (Å²) >= 11 is 5.92. The summed E-state index contributed by atoms with van der Waals surface area (Å²) in [5, 5.41) is 14.9. The first kappa shape index (κ1) is 14.1. The average molecular weight is 293 g/mol. The lowest BCUT2D eigenvalue weighted by molar-refractivity contribution is 0.322. The van der Waals surface area contributed by atoms with E-state index in [2.05, 4.69) is 20.4 Å². The number of ether oxygens (including phenoxy) is 1. The zero-order valence-corrected chi connectivity index (χ0v) is 11.5. The van der Waals surface area contributed by atoms with Gasteiger partial charge in [0.25, 0.3) is 0 Å². The Morgan fingerprint density at radius 2 is 2.10 bits per heavy atom. The first-order valence-corrected chi connectivity index (χ1v) is 6.17. The molecular formula is C13H13ClN4O2. The Labute approximate surface area is 121 Å². The minimum Gasteiger partial charge on any atom is -0.497 e. The van der Waals surface area contributed by atoms with Crippen LogP contribution in [0.2, 0.25) is 5.15 Å². The van der Waals surface area contributed by atoms with Gasteiger partial charge in [0.2, 0.25) is 0 Å². The van der Waals surface area contributed by atoms with Gasteiger partial charge in [-0.25, -0.2) is 9.97 Å². The minimum atomic E-state index is 0.218. The smallest absolute Gasteiger partial charge is 0.143 e. The molecule has 1 heterocycles. The second-order valence-corrected chi connectivity index (χ2v) is 4.23. The summed E-state index contributed by atoms with van der Waals surface area (Å²) in [6.07, 6.45) is 2.53. The molecule has 0 aliphatic heterocycles. The van der Waals surface area contributed by atoms with E-state index in [1.54, 1.807) is 7.11 Å². The van der Waals surface area contributed by atoms with Crippen molar-refractivity contribution in [3.8, 4) is 5.75 Å². The lowest BCUT2D eigenvalue weighted by Gasteiger charge is -2.09. The average Bonchev–Trinajstić information content (AvgIpc) is 2.48. The Morgan fingerprint density at radius 3 is 2.75 bits per heavy atom. The van der Waals surface area contributed by atoms with Crippen LogP contribution >= 0.6 is 11.6 Å². The van der Waals surface area contributed by atoms with Crippen molar-refractivity contribution < 1.29 is 9.94 Å². The molecule has 0 fully saturated rings. The molecular weight excluding hydrogens is 280 g/mol. The number of anilines is 1. The number of hydrogen-bond donors (Lipinski definition) is 2. The van der Waals surface area contributed by atoms with Gasteiger partial charge in [-0.2, -0.15) is 0 Å². The fourth-order valence-electron chi connectivity index (χ4n) is 1.62. The fourth-order valence-corrected chi connectivity index (χ4v) is 1.80. The van der Waals surface area contributed by atoms with E-state index in [1.165, 1.54) is 12.5 Å². The van der Waals surface area contributed by atoms with E-state index in [-0.39, 0.29) is 5.15 Å². The van der Waals surface area contributed by atoms with Crippen LogP contribution in [0.3, 0.4) is 0 Å². The van der Waals surface area contributed by atoms with E-state index in [9.17, 15) is 0 Å². The van der Waals surface area contributed by atoms with Gasteiger partial charge in [-0.3, -0.25) is 0 Å². The largest absolute Gasteiger partial charge is 0.497 e. The highest BCUT2D eigenvalue weighted by atomic mass is 35.5. The molecule has 1 aromatic carbocycles. The molecule has 0 saturated heterocycles. The quantitative estimate of drug-likeness (QED) is 0.383. The minimum absolute atomic E-state index is 0.218. The van der Waals surface area contributed by atoms with E-state index in [1.807, 2.05) is 24.3 Å². The van der Waals surface area contributed by atoms with E-state index >= 15 is 0 Å². The van der Waals surface area contributed by atoms with Crippen LogP contribution < -0.4 is 10.1 Å². The molecule has 0 aliphatic rings. The van der Waals surface area contributed by atoms with Gasteiger partial charge in [-0.15, -0.1) is 0 Å². The summed E-state index contributed by atoms with van der Waals surface area (Å²) in [7, 11) is 1.62. The van der Waals surface area contributed by atoms with Crippen LogP contribution in [0.25, 0.3) is 0 Å². The van der Waals surface area contributed by atoms with Gasteiger partial charge in [0.1, 0.15) is 23.0 Å². The second kappa shape index (κ2) is 6.72. The molecule has 0 aliphatic carbocycles. The molecule has 0 saturated carbocycles. The summed E-state index contributed by atoms with van der Waals surface area (Å²) in [6.45, 7) is 0.545. The van der Waals surface area contributed by atoms with Crippen LogP contribution in [-0.4, -0.2) is 28.5 Å². The normalized spacial score (nSPS) is 10.7. The zero-order chi connectivity index (χ0) is 14.4. The molecule has 0 unspecified atom stereocenters. The van der Waals surface area contributed by atoms with Gasteiger partial charge in [-0.05, 0) is 17.7 Å². The van der Waals surface area contributed by atoms with Gasteiger partial charge in [-0.1, -0.05) is 28.9 Å². The molecule has 2 aromatic rings. The third-order valence-corrected chi connectivity index (χ3v) is 2.94. The monoisotopic (exact) mass is 292 g/mol. The van der Waals surface area contributed by atoms with Gasteiger partial charge in [0.05, 0.1) is 18.9 Å². The molecule has 1 aromatic heterocycles. The molecule has 0 spiro atoms. The number of nitrogens with one attached hydrogen (secondary N) is 1. The second-order valence-electron chi connectivity index (χ2n) is 3.87. The van der Waals surface area contributed by atoms with Crippen molar-refractivity contribution in [2.75, 3.05) is 12.4 Å². The van der Waals surface area contributed by atoms with E-state index in [0.717, 1.165) is 11.3 Å². The Bertz CT molecular complexity index is 602. The maximum atomic E-state index is 8.63. The molecule has 104 valence electrons. The third kappa shape index (κ3) is 3.36. The lowest BCUT2D eigenvalue weighted by Crippen LogP contribution is -2.05.